The van der Waals surface area contributed by atoms with Crippen LogP contribution in [0.1, 0.15) is 24.1 Å². The number of carbonyl (C=O) groups is 1. The van der Waals surface area contributed by atoms with Crippen molar-refractivity contribution in [2.75, 3.05) is 20.8 Å². The molecular weight excluding hydrogens is 375 g/mol. The van der Waals surface area contributed by atoms with Crippen molar-refractivity contribution in [3.05, 3.63) is 57.6 Å². The van der Waals surface area contributed by atoms with E-state index in [0.717, 1.165) is 11.1 Å². The van der Waals surface area contributed by atoms with Gasteiger partial charge in [-0.2, -0.15) is 0 Å². The van der Waals surface area contributed by atoms with Crippen molar-refractivity contribution in [2.45, 2.75) is 19.5 Å². The van der Waals surface area contributed by atoms with E-state index in [1.807, 2.05) is 36.5 Å². The number of ether oxygens (including phenoxy) is 2. The van der Waals surface area contributed by atoms with Crippen LogP contribution in [0.15, 0.2) is 36.4 Å². The monoisotopic (exact) mass is 397 g/mol. The molecule has 5 nitrogen and oxygen atoms in total. The molecule has 0 bridgehead atoms. The molecule has 0 saturated heterocycles. The predicted molar refractivity (Wildman–Crippen MR) is 103 cm³/mol. The maximum Gasteiger partial charge on any atom is 0.275 e. The molecule has 1 amide bonds. The van der Waals surface area contributed by atoms with E-state index in [1.54, 1.807) is 26.4 Å². The van der Waals surface area contributed by atoms with E-state index in [2.05, 4.69) is 5.32 Å². The topological polar surface area (TPSA) is 64.2 Å². The quantitative estimate of drug-likeness (QED) is 0.719. The van der Waals surface area contributed by atoms with Crippen LogP contribution in [0.3, 0.4) is 0 Å². The molecule has 0 aliphatic rings. The first kappa shape index (κ1) is 20.4. The summed E-state index contributed by atoms with van der Waals surface area (Å²) in [6.45, 7) is 2.72. The Hall–Kier alpha value is -1.95. The first-order valence-corrected chi connectivity index (χ1v) is 8.96. The zero-order valence-corrected chi connectivity index (χ0v) is 16.5. The van der Waals surface area contributed by atoms with Crippen LogP contribution in [0, 0.1) is 0 Å². The van der Waals surface area contributed by atoms with Gasteiger partial charge in [0.05, 0.1) is 19.2 Å². The Morgan fingerprint density at radius 3 is 2.50 bits per heavy atom. The van der Waals surface area contributed by atoms with Crippen LogP contribution in [0.4, 0.5) is 0 Å². The molecule has 0 radical (unpaired) electrons. The number of hydrogen-bond acceptors (Lipinski definition) is 3. The van der Waals surface area contributed by atoms with Crippen LogP contribution in [-0.2, 0) is 11.3 Å². The van der Waals surface area contributed by atoms with E-state index in [4.69, 9.17) is 32.7 Å². The highest BCUT2D eigenvalue weighted by molar-refractivity contribution is 6.35. The highest BCUT2D eigenvalue weighted by atomic mass is 35.5. The summed E-state index contributed by atoms with van der Waals surface area (Å²) in [5, 5.41) is 6.03. The molecular formula is C19H23Cl2N2O3+. The number of methoxy groups -OCH3 is 2. The molecule has 0 aliphatic heterocycles. The number of benzene rings is 2. The SMILES string of the molecule is COc1ccc(CNC(=O)C[NH2+][C@H](C)c2ccc(Cl)cc2Cl)cc1OC. The number of rotatable bonds is 8. The Kier molecular flexibility index (Phi) is 7.57. The molecule has 0 fully saturated rings. The van der Waals surface area contributed by atoms with Crippen molar-refractivity contribution in [1.29, 1.82) is 0 Å². The molecule has 0 aromatic heterocycles. The van der Waals surface area contributed by atoms with Crippen molar-refractivity contribution >= 4 is 29.1 Å². The second-order valence-corrected chi connectivity index (χ2v) is 6.70. The number of carbonyl (C=O) groups excluding carboxylic acids is 1. The van der Waals surface area contributed by atoms with E-state index in [0.29, 0.717) is 34.6 Å². The maximum atomic E-state index is 12.1. The molecule has 140 valence electrons. The van der Waals surface area contributed by atoms with Crippen LogP contribution in [-0.4, -0.2) is 26.7 Å². The summed E-state index contributed by atoms with van der Waals surface area (Å²) in [5.41, 5.74) is 1.88. The van der Waals surface area contributed by atoms with Gasteiger partial charge in [-0.05, 0) is 36.8 Å². The zero-order chi connectivity index (χ0) is 19.1. The number of quaternary nitrogens is 1. The minimum Gasteiger partial charge on any atom is -0.493 e. The van der Waals surface area contributed by atoms with E-state index in [-0.39, 0.29) is 11.9 Å². The molecule has 0 spiro atoms. The Morgan fingerprint density at radius 2 is 1.85 bits per heavy atom. The van der Waals surface area contributed by atoms with Crippen molar-refractivity contribution in [2.24, 2.45) is 0 Å². The molecule has 2 rings (SSSR count). The predicted octanol–water partition coefficient (Wildman–Crippen LogP) is 2.95. The lowest BCUT2D eigenvalue weighted by Crippen LogP contribution is -2.87. The summed E-state index contributed by atoms with van der Waals surface area (Å²) in [6, 6.07) is 11.0. The number of hydrogen-bond donors (Lipinski definition) is 2. The molecule has 7 heteroatoms. The molecule has 0 aliphatic carbocycles. The largest absolute Gasteiger partial charge is 0.493 e. The van der Waals surface area contributed by atoms with Gasteiger partial charge in [0.15, 0.2) is 18.0 Å². The van der Waals surface area contributed by atoms with Gasteiger partial charge < -0.3 is 20.1 Å². The van der Waals surface area contributed by atoms with Crippen molar-refractivity contribution in [1.82, 2.24) is 5.32 Å². The van der Waals surface area contributed by atoms with Crippen LogP contribution in [0.25, 0.3) is 0 Å². The van der Waals surface area contributed by atoms with E-state index in [1.165, 1.54) is 0 Å². The van der Waals surface area contributed by atoms with Gasteiger partial charge in [0.2, 0.25) is 0 Å². The van der Waals surface area contributed by atoms with Gasteiger partial charge in [-0.1, -0.05) is 35.3 Å². The molecule has 0 saturated carbocycles. The van der Waals surface area contributed by atoms with Gasteiger partial charge >= 0.3 is 0 Å². The van der Waals surface area contributed by atoms with Crippen LogP contribution >= 0.6 is 23.2 Å². The third kappa shape index (κ3) is 5.53. The van der Waals surface area contributed by atoms with Gasteiger partial charge in [-0.15, -0.1) is 0 Å². The minimum absolute atomic E-state index is 0.0478. The molecule has 3 N–H and O–H groups in total. The van der Waals surface area contributed by atoms with Gasteiger partial charge in [-0.3, -0.25) is 4.79 Å². The highest BCUT2D eigenvalue weighted by Crippen LogP contribution is 2.27. The van der Waals surface area contributed by atoms with Crippen LogP contribution < -0.4 is 20.1 Å². The van der Waals surface area contributed by atoms with E-state index < -0.39 is 0 Å². The van der Waals surface area contributed by atoms with E-state index >= 15 is 0 Å². The van der Waals surface area contributed by atoms with Crippen molar-refractivity contribution in [3.63, 3.8) is 0 Å². The molecule has 1 atom stereocenters. The molecule has 26 heavy (non-hydrogen) atoms. The average Bonchev–Trinajstić information content (AvgIpc) is 2.64. The Labute approximate surface area is 163 Å². The summed E-state index contributed by atoms with van der Waals surface area (Å²) in [5.74, 6) is 1.23. The fraction of sp³-hybridized carbons (Fsp3) is 0.316. The Balaban J connectivity index is 1.85. The number of nitrogens with two attached hydrogens (primary N) is 1. The standard InChI is InChI=1S/C19H22Cl2N2O3/c1-12(15-6-5-14(20)9-16(15)21)22-11-19(24)23-10-13-4-7-17(25-2)18(8-13)26-3/h4-9,12,22H,10-11H2,1-3H3,(H,23,24)/p+1/t12-/m1/s1. The number of halogens is 2. The fourth-order valence-corrected chi connectivity index (χ4v) is 3.13. The molecule has 0 unspecified atom stereocenters. The summed E-state index contributed by atoms with van der Waals surface area (Å²) in [7, 11) is 3.17. The van der Waals surface area contributed by atoms with Crippen molar-refractivity contribution < 1.29 is 19.6 Å². The van der Waals surface area contributed by atoms with Gasteiger partial charge in [0, 0.05) is 17.1 Å². The van der Waals surface area contributed by atoms with E-state index in [9.17, 15) is 4.79 Å². The first-order valence-electron chi connectivity index (χ1n) is 8.20. The smallest absolute Gasteiger partial charge is 0.275 e. The molecule has 2 aromatic rings. The van der Waals surface area contributed by atoms with Crippen molar-refractivity contribution in [3.8, 4) is 11.5 Å². The lowest BCUT2D eigenvalue weighted by Gasteiger charge is -2.13. The van der Waals surface area contributed by atoms with Crippen LogP contribution in [0.5, 0.6) is 11.5 Å². The second-order valence-electron chi connectivity index (χ2n) is 5.86. The fourth-order valence-electron chi connectivity index (χ4n) is 2.54. The molecule has 2 aromatic carbocycles. The summed E-state index contributed by atoms with van der Waals surface area (Å²) in [6.07, 6.45) is 0. The average molecular weight is 398 g/mol. The van der Waals surface area contributed by atoms with Gasteiger partial charge in [-0.25, -0.2) is 0 Å². The van der Waals surface area contributed by atoms with Gasteiger partial charge in [0.25, 0.3) is 5.91 Å². The second kappa shape index (κ2) is 9.67. The number of nitrogens with one attached hydrogen (secondary N) is 1. The van der Waals surface area contributed by atoms with Gasteiger partial charge in [0.1, 0.15) is 6.04 Å². The normalized spacial score (nSPS) is 11.7. The summed E-state index contributed by atoms with van der Waals surface area (Å²) in [4.78, 5) is 12.1. The Bertz CT molecular complexity index is 768. The molecule has 0 heterocycles. The lowest BCUT2D eigenvalue weighted by molar-refractivity contribution is -0.682. The first-order chi connectivity index (χ1) is 12.4. The minimum atomic E-state index is -0.0586. The number of amides is 1. The highest BCUT2D eigenvalue weighted by Gasteiger charge is 2.15. The Morgan fingerprint density at radius 1 is 1.12 bits per heavy atom. The van der Waals surface area contributed by atoms with Crippen LogP contribution in [0.2, 0.25) is 10.0 Å². The zero-order valence-electron chi connectivity index (χ0n) is 15.0. The maximum absolute atomic E-state index is 12.1. The third-order valence-electron chi connectivity index (χ3n) is 4.05. The summed E-state index contributed by atoms with van der Waals surface area (Å²) >= 11 is 12.1. The third-order valence-corrected chi connectivity index (χ3v) is 4.61. The lowest BCUT2D eigenvalue weighted by atomic mass is 10.1. The summed E-state index contributed by atoms with van der Waals surface area (Å²) < 4.78 is 10.5.